The van der Waals surface area contributed by atoms with Crippen LogP contribution in [-0.4, -0.2) is 45.3 Å². The van der Waals surface area contributed by atoms with Crippen molar-refractivity contribution in [1.29, 1.82) is 0 Å². The number of carbonyl (C=O) groups excluding carboxylic acids is 4. The quantitative estimate of drug-likeness (QED) is 0.374. The molecule has 33 heavy (non-hydrogen) atoms. The standard InChI is InChI=1S/C16H18O3.C9H14O5/c1-16(2)9-14(18)12(15(19)10-16)8-13(17)11-6-4-3-5-7-11;10-7(3-1-5-8(11)12)4-2-6-9(13)14/h3-7,12H,8-10H2,1-2H3;1-6H2,(H,11,12)(H,13,14). The maximum atomic E-state index is 12.1. The number of ketones is 4. The molecule has 0 atom stereocenters. The zero-order chi connectivity index (χ0) is 25.0. The topological polar surface area (TPSA) is 143 Å². The van der Waals surface area contributed by atoms with Gasteiger partial charge in [0.05, 0.1) is 5.92 Å². The molecule has 0 aliphatic heterocycles. The minimum Gasteiger partial charge on any atom is -0.481 e. The lowest BCUT2D eigenvalue weighted by atomic mass is 9.70. The van der Waals surface area contributed by atoms with Gasteiger partial charge in [0.1, 0.15) is 17.3 Å². The van der Waals surface area contributed by atoms with Crippen molar-refractivity contribution in [3.8, 4) is 0 Å². The fourth-order valence-electron chi connectivity index (χ4n) is 3.59. The van der Waals surface area contributed by atoms with Crippen LogP contribution in [0, 0.1) is 11.3 Å². The lowest BCUT2D eigenvalue weighted by Crippen LogP contribution is -2.38. The highest BCUT2D eigenvalue weighted by Gasteiger charge is 2.40. The van der Waals surface area contributed by atoms with Crippen molar-refractivity contribution in [1.82, 2.24) is 0 Å². The van der Waals surface area contributed by atoms with Gasteiger partial charge in [0.2, 0.25) is 0 Å². The Morgan fingerprint density at radius 3 is 1.70 bits per heavy atom. The van der Waals surface area contributed by atoms with E-state index in [4.69, 9.17) is 10.2 Å². The fraction of sp³-hybridized carbons (Fsp3) is 0.520. The van der Waals surface area contributed by atoms with E-state index >= 15 is 0 Å². The highest BCUT2D eigenvalue weighted by Crippen LogP contribution is 2.35. The van der Waals surface area contributed by atoms with Gasteiger partial charge >= 0.3 is 11.9 Å². The molecule has 0 saturated heterocycles. The van der Waals surface area contributed by atoms with Gasteiger partial charge in [-0.1, -0.05) is 44.2 Å². The van der Waals surface area contributed by atoms with Gasteiger partial charge in [-0.2, -0.15) is 0 Å². The smallest absolute Gasteiger partial charge is 0.303 e. The van der Waals surface area contributed by atoms with E-state index < -0.39 is 17.9 Å². The molecular weight excluding hydrogens is 428 g/mol. The third-order valence-electron chi connectivity index (χ3n) is 5.26. The van der Waals surface area contributed by atoms with Crippen LogP contribution in [0.5, 0.6) is 0 Å². The number of hydrogen-bond donors (Lipinski definition) is 2. The van der Waals surface area contributed by atoms with Crippen LogP contribution < -0.4 is 0 Å². The van der Waals surface area contributed by atoms with E-state index in [1.54, 1.807) is 24.3 Å². The molecule has 1 fully saturated rings. The van der Waals surface area contributed by atoms with Crippen molar-refractivity contribution < 1.29 is 39.0 Å². The molecule has 0 heterocycles. The fourth-order valence-corrected chi connectivity index (χ4v) is 3.59. The molecule has 2 rings (SSSR count). The number of benzene rings is 1. The predicted molar refractivity (Wildman–Crippen MR) is 120 cm³/mol. The van der Waals surface area contributed by atoms with E-state index in [9.17, 15) is 28.8 Å². The van der Waals surface area contributed by atoms with Crippen LogP contribution in [0.1, 0.15) is 82.0 Å². The van der Waals surface area contributed by atoms with Crippen molar-refractivity contribution >= 4 is 35.1 Å². The van der Waals surface area contributed by atoms with Gasteiger partial charge in [0.15, 0.2) is 5.78 Å². The number of carboxylic acids is 2. The molecular formula is C25H32O8. The van der Waals surface area contributed by atoms with E-state index in [0.29, 0.717) is 31.2 Å². The molecule has 0 aromatic heterocycles. The highest BCUT2D eigenvalue weighted by atomic mass is 16.4. The number of rotatable bonds is 11. The van der Waals surface area contributed by atoms with Gasteiger partial charge < -0.3 is 10.2 Å². The largest absolute Gasteiger partial charge is 0.481 e. The molecule has 0 spiro atoms. The Kier molecular flexibility index (Phi) is 11.3. The molecule has 1 aromatic carbocycles. The SMILES string of the molecule is CC1(C)CC(=O)C(CC(=O)c2ccccc2)C(=O)C1.O=C(O)CCCC(=O)CCCC(=O)O. The summed E-state index contributed by atoms with van der Waals surface area (Å²) in [6.07, 6.45) is 1.88. The second kappa shape index (κ2) is 13.4. The van der Waals surface area contributed by atoms with E-state index in [2.05, 4.69) is 0 Å². The van der Waals surface area contributed by atoms with Crippen LogP contribution in [0.15, 0.2) is 30.3 Å². The highest BCUT2D eigenvalue weighted by molar-refractivity contribution is 6.10. The van der Waals surface area contributed by atoms with Crippen LogP contribution in [-0.2, 0) is 24.0 Å². The van der Waals surface area contributed by atoms with E-state index in [1.807, 2.05) is 19.9 Å². The Labute approximate surface area is 193 Å². The predicted octanol–water partition coefficient (Wildman–Crippen LogP) is 3.90. The van der Waals surface area contributed by atoms with Gasteiger partial charge in [0.25, 0.3) is 0 Å². The van der Waals surface area contributed by atoms with E-state index in [-0.39, 0.29) is 60.7 Å². The summed E-state index contributed by atoms with van der Waals surface area (Å²) in [4.78, 5) is 67.3. The molecule has 8 nitrogen and oxygen atoms in total. The summed E-state index contributed by atoms with van der Waals surface area (Å²) in [5.41, 5.74) is 0.299. The van der Waals surface area contributed by atoms with Gasteiger partial charge in [-0.3, -0.25) is 28.8 Å². The minimum atomic E-state index is -0.914. The number of Topliss-reactive ketones (excluding diaryl/α,β-unsaturated/α-hetero) is 4. The Morgan fingerprint density at radius 2 is 1.27 bits per heavy atom. The molecule has 8 heteroatoms. The molecule has 2 N–H and O–H groups in total. The van der Waals surface area contributed by atoms with Crippen LogP contribution in [0.25, 0.3) is 0 Å². The third kappa shape index (κ3) is 11.3. The van der Waals surface area contributed by atoms with Gasteiger partial charge in [-0.25, -0.2) is 0 Å². The van der Waals surface area contributed by atoms with Crippen LogP contribution >= 0.6 is 0 Å². The van der Waals surface area contributed by atoms with Gasteiger partial charge in [0, 0.05) is 50.5 Å². The summed E-state index contributed by atoms with van der Waals surface area (Å²) in [6, 6.07) is 8.81. The van der Waals surface area contributed by atoms with Crippen molar-refractivity contribution in [2.75, 3.05) is 0 Å². The van der Waals surface area contributed by atoms with Crippen molar-refractivity contribution in [3.05, 3.63) is 35.9 Å². The Balaban J connectivity index is 0.000000349. The molecule has 0 unspecified atom stereocenters. The first-order valence-electron chi connectivity index (χ1n) is 11.0. The minimum absolute atomic E-state index is 0.00926. The van der Waals surface area contributed by atoms with Gasteiger partial charge in [-0.15, -0.1) is 0 Å². The molecule has 1 saturated carbocycles. The number of hydrogen-bond acceptors (Lipinski definition) is 6. The maximum Gasteiger partial charge on any atom is 0.303 e. The molecule has 0 radical (unpaired) electrons. The number of carboxylic acid groups (broad SMARTS) is 2. The average Bonchev–Trinajstić information content (AvgIpc) is 2.70. The van der Waals surface area contributed by atoms with Gasteiger partial charge in [-0.05, 0) is 18.3 Å². The van der Waals surface area contributed by atoms with Crippen LogP contribution in [0.2, 0.25) is 0 Å². The third-order valence-corrected chi connectivity index (χ3v) is 5.26. The number of aliphatic carboxylic acids is 2. The van der Waals surface area contributed by atoms with Crippen molar-refractivity contribution in [3.63, 3.8) is 0 Å². The van der Waals surface area contributed by atoms with E-state index in [0.717, 1.165) is 0 Å². The summed E-state index contributed by atoms with van der Waals surface area (Å²) in [7, 11) is 0. The first kappa shape index (κ1) is 27.9. The summed E-state index contributed by atoms with van der Waals surface area (Å²) < 4.78 is 0. The maximum absolute atomic E-state index is 12.1. The normalized spacial score (nSPS) is 15.3. The molecule has 1 aliphatic rings. The zero-order valence-corrected chi connectivity index (χ0v) is 19.2. The summed E-state index contributed by atoms with van der Waals surface area (Å²) in [5.74, 6) is -2.94. The van der Waals surface area contributed by atoms with Crippen molar-refractivity contribution in [2.45, 2.75) is 71.6 Å². The monoisotopic (exact) mass is 460 g/mol. The first-order chi connectivity index (χ1) is 15.4. The molecule has 1 aromatic rings. The summed E-state index contributed by atoms with van der Waals surface area (Å²) >= 11 is 0. The first-order valence-corrected chi connectivity index (χ1v) is 11.0. The molecule has 180 valence electrons. The summed E-state index contributed by atoms with van der Waals surface area (Å²) in [6.45, 7) is 3.83. The van der Waals surface area contributed by atoms with Crippen LogP contribution in [0.3, 0.4) is 0 Å². The second-order valence-electron chi connectivity index (χ2n) is 9.03. The van der Waals surface area contributed by atoms with Crippen molar-refractivity contribution in [2.24, 2.45) is 11.3 Å². The summed E-state index contributed by atoms with van der Waals surface area (Å²) in [5, 5.41) is 16.6. The van der Waals surface area contributed by atoms with E-state index in [1.165, 1.54) is 0 Å². The Hall–Kier alpha value is -3.16. The Morgan fingerprint density at radius 1 is 0.818 bits per heavy atom. The molecule has 0 bridgehead atoms. The van der Waals surface area contributed by atoms with Crippen LogP contribution in [0.4, 0.5) is 0 Å². The zero-order valence-electron chi connectivity index (χ0n) is 19.2. The lowest BCUT2D eigenvalue weighted by Gasteiger charge is -2.31. The Bertz CT molecular complexity index is 828. The number of carbonyl (C=O) groups is 6. The molecule has 0 amide bonds. The lowest BCUT2D eigenvalue weighted by molar-refractivity contribution is -0.140. The average molecular weight is 461 g/mol. The molecule has 1 aliphatic carbocycles. The second-order valence-corrected chi connectivity index (χ2v) is 9.03.